The summed E-state index contributed by atoms with van der Waals surface area (Å²) >= 11 is 5.80. The molecule has 0 aliphatic carbocycles. The SMILES string of the molecule is CCOC(=O)c1ccc(NC(=O)C[C@@H]2C(=O)N(c3cccc(OC)c3)C(=S)N2CCN2CCC(C)CC2)cc1. The van der Waals surface area contributed by atoms with Crippen LogP contribution >= 0.6 is 12.2 Å². The third-order valence-corrected chi connectivity index (χ3v) is 7.64. The van der Waals surface area contributed by atoms with Crippen molar-refractivity contribution in [2.24, 2.45) is 5.92 Å². The van der Waals surface area contributed by atoms with E-state index in [1.165, 1.54) is 4.90 Å². The Balaban J connectivity index is 1.48. The van der Waals surface area contributed by atoms with Gasteiger partial charge in [-0.3, -0.25) is 14.5 Å². The molecule has 2 aromatic rings. The predicted molar refractivity (Wildman–Crippen MR) is 154 cm³/mol. The van der Waals surface area contributed by atoms with Gasteiger partial charge in [-0.05, 0) is 87.4 Å². The standard InChI is InChI=1S/C29H36N4O5S/c1-4-38-28(36)21-8-10-22(11-9-21)30-26(34)19-25-27(35)33(23-6-5-7-24(18-23)37-3)29(39)32(25)17-16-31-14-12-20(2)13-15-31/h5-11,18,20,25H,4,12-17,19H2,1-3H3,(H,30,34)/t25-/m1/s1. The van der Waals surface area contributed by atoms with Gasteiger partial charge in [0.1, 0.15) is 11.8 Å². The van der Waals surface area contributed by atoms with Crippen LogP contribution < -0.4 is 15.0 Å². The minimum absolute atomic E-state index is 0.0594. The van der Waals surface area contributed by atoms with Crippen molar-refractivity contribution >= 4 is 46.5 Å². The summed E-state index contributed by atoms with van der Waals surface area (Å²) in [7, 11) is 1.57. The van der Waals surface area contributed by atoms with Gasteiger partial charge in [0.2, 0.25) is 5.91 Å². The van der Waals surface area contributed by atoms with E-state index in [9.17, 15) is 14.4 Å². The highest BCUT2D eigenvalue weighted by molar-refractivity contribution is 7.80. The molecule has 2 heterocycles. The second-order valence-electron chi connectivity index (χ2n) is 9.94. The molecule has 4 rings (SSSR count). The number of nitrogens with zero attached hydrogens (tertiary/aromatic N) is 3. The van der Waals surface area contributed by atoms with E-state index in [0.29, 0.717) is 34.3 Å². The number of amides is 2. The number of ether oxygens (including phenoxy) is 2. The molecule has 9 nitrogen and oxygen atoms in total. The monoisotopic (exact) mass is 552 g/mol. The Morgan fingerprint density at radius 1 is 1.08 bits per heavy atom. The molecule has 0 aromatic heterocycles. The van der Waals surface area contributed by atoms with Gasteiger partial charge in [0.15, 0.2) is 5.11 Å². The van der Waals surface area contributed by atoms with Crippen LogP contribution in [0.5, 0.6) is 5.75 Å². The topological polar surface area (TPSA) is 91.4 Å². The van der Waals surface area contributed by atoms with Crippen molar-refractivity contribution in [2.45, 2.75) is 39.2 Å². The minimum atomic E-state index is -0.730. The molecule has 2 aromatic carbocycles. The van der Waals surface area contributed by atoms with E-state index in [4.69, 9.17) is 21.7 Å². The molecule has 2 aliphatic heterocycles. The molecular formula is C29H36N4O5S. The first-order valence-corrected chi connectivity index (χ1v) is 13.8. The van der Waals surface area contributed by atoms with Gasteiger partial charge in [-0.25, -0.2) is 4.79 Å². The Morgan fingerprint density at radius 2 is 1.79 bits per heavy atom. The first kappa shape index (κ1) is 28.5. The molecule has 208 valence electrons. The second kappa shape index (κ2) is 13.0. The molecule has 0 bridgehead atoms. The maximum absolute atomic E-state index is 13.7. The summed E-state index contributed by atoms with van der Waals surface area (Å²) in [5.41, 5.74) is 1.54. The summed E-state index contributed by atoms with van der Waals surface area (Å²) in [5.74, 6) is 0.362. The molecular weight excluding hydrogens is 516 g/mol. The van der Waals surface area contributed by atoms with Crippen molar-refractivity contribution in [3.8, 4) is 5.75 Å². The number of nitrogens with one attached hydrogen (secondary N) is 1. The van der Waals surface area contributed by atoms with Crippen LogP contribution in [0.2, 0.25) is 0 Å². The van der Waals surface area contributed by atoms with E-state index in [2.05, 4.69) is 17.1 Å². The number of anilines is 2. The van der Waals surface area contributed by atoms with E-state index in [1.54, 1.807) is 50.4 Å². The zero-order valence-corrected chi connectivity index (χ0v) is 23.5. The van der Waals surface area contributed by atoms with E-state index in [1.807, 2.05) is 17.0 Å². The lowest BCUT2D eigenvalue weighted by atomic mass is 9.99. The average molecular weight is 553 g/mol. The molecule has 2 fully saturated rings. The van der Waals surface area contributed by atoms with Crippen molar-refractivity contribution in [3.05, 3.63) is 54.1 Å². The van der Waals surface area contributed by atoms with Crippen molar-refractivity contribution in [2.75, 3.05) is 50.1 Å². The van der Waals surface area contributed by atoms with Gasteiger partial charge in [0.25, 0.3) is 5.91 Å². The predicted octanol–water partition coefficient (Wildman–Crippen LogP) is 3.93. The number of likely N-dealkylation sites (tertiary alicyclic amines) is 1. The van der Waals surface area contributed by atoms with Crippen molar-refractivity contribution in [1.82, 2.24) is 9.80 Å². The summed E-state index contributed by atoms with van der Waals surface area (Å²) < 4.78 is 10.4. The fraction of sp³-hybridized carbons (Fsp3) is 0.448. The van der Waals surface area contributed by atoms with E-state index in [-0.39, 0.29) is 24.8 Å². The lowest BCUT2D eigenvalue weighted by molar-refractivity contribution is -0.124. The molecule has 10 heteroatoms. The minimum Gasteiger partial charge on any atom is -0.497 e. The quantitative estimate of drug-likeness (QED) is 0.350. The zero-order chi connectivity index (χ0) is 27.9. The van der Waals surface area contributed by atoms with Gasteiger partial charge < -0.3 is 24.6 Å². The van der Waals surface area contributed by atoms with Crippen LogP contribution in [-0.2, 0) is 14.3 Å². The van der Waals surface area contributed by atoms with Gasteiger partial charge in [-0.1, -0.05) is 13.0 Å². The van der Waals surface area contributed by atoms with Crippen LogP contribution in [0, 0.1) is 5.92 Å². The molecule has 2 aliphatic rings. The molecule has 39 heavy (non-hydrogen) atoms. The summed E-state index contributed by atoms with van der Waals surface area (Å²) in [6, 6.07) is 12.9. The highest BCUT2D eigenvalue weighted by Gasteiger charge is 2.44. The number of carbonyl (C=O) groups excluding carboxylic acids is 3. The van der Waals surface area contributed by atoms with Gasteiger partial charge in [-0.15, -0.1) is 0 Å². The van der Waals surface area contributed by atoms with E-state index < -0.39 is 12.0 Å². The molecule has 0 spiro atoms. The number of hydrogen-bond acceptors (Lipinski definition) is 7. The van der Waals surface area contributed by atoms with Crippen molar-refractivity contribution < 1.29 is 23.9 Å². The molecule has 2 amide bonds. The highest BCUT2D eigenvalue weighted by Crippen LogP contribution is 2.30. The highest BCUT2D eigenvalue weighted by atomic mass is 32.1. The lowest BCUT2D eigenvalue weighted by Gasteiger charge is -2.32. The Kier molecular flexibility index (Phi) is 9.53. The number of rotatable bonds is 10. The smallest absolute Gasteiger partial charge is 0.338 e. The summed E-state index contributed by atoms with van der Waals surface area (Å²) in [4.78, 5) is 44.5. The number of carbonyl (C=O) groups is 3. The van der Waals surface area contributed by atoms with Crippen molar-refractivity contribution in [3.63, 3.8) is 0 Å². The van der Waals surface area contributed by atoms with Crippen LogP contribution in [0.25, 0.3) is 0 Å². The Bertz CT molecular complexity index is 1200. The fourth-order valence-corrected chi connectivity index (χ4v) is 5.32. The van der Waals surface area contributed by atoms with Gasteiger partial charge in [0.05, 0.1) is 31.4 Å². The van der Waals surface area contributed by atoms with Crippen LogP contribution in [0.4, 0.5) is 11.4 Å². The number of hydrogen-bond donors (Lipinski definition) is 1. The lowest BCUT2D eigenvalue weighted by Crippen LogP contribution is -2.44. The molecule has 0 radical (unpaired) electrons. The van der Waals surface area contributed by atoms with E-state index in [0.717, 1.165) is 38.4 Å². The van der Waals surface area contributed by atoms with Gasteiger partial charge in [-0.2, -0.15) is 0 Å². The number of benzene rings is 2. The molecule has 0 unspecified atom stereocenters. The van der Waals surface area contributed by atoms with Crippen LogP contribution in [0.3, 0.4) is 0 Å². The number of esters is 1. The summed E-state index contributed by atoms with van der Waals surface area (Å²) in [5, 5.41) is 3.23. The maximum Gasteiger partial charge on any atom is 0.338 e. The summed E-state index contributed by atoms with van der Waals surface area (Å²) in [6.07, 6.45) is 2.25. The third-order valence-electron chi connectivity index (χ3n) is 7.22. The largest absolute Gasteiger partial charge is 0.497 e. The summed E-state index contributed by atoms with van der Waals surface area (Å²) in [6.45, 7) is 7.65. The number of thiocarbonyl (C=S) groups is 1. The van der Waals surface area contributed by atoms with Crippen LogP contribution in [0.15, 0.2) is 48.5 Å². The first-order chi connectivity index (χ1) is 18.8. The third kappa shape index (κ3) is 6.93. The fourth-order valence-electron chi connectivity index (χ4n) is 4.90. The van der Waals surface area contributed by atoms with Gasteiger partial charge in [0, 0.05) is 24.8 Å². The Hall–Kier alpha value is -3.50. The normalized spacial score (nSPS) is 18.4. The molecule has 0 saturated carbocycles. The zero-order valence-electron chi connectivity index (χ0n) is 22.7. The second-order valence-corrected chi connectivity index (χ2v) is 10.3. The van der Waals surface area contributed by atoms with E-state index >= 15 is 0 Å². The Morgan fingerprint density at radius 3 is 2.46 bits per heavy atom. The number of methoxy groups -OCH3 is 1. The maximum atomic E-state index is 13.7. The van der Waals surface area contributed by atoms with Gasteiger partial charge >= 0.3 is 5.97 Å². The molecule has 1 atom stereocenters. The Labute approximate surface area is 235 Å². The average Bonchev–Trinajstić information content (AvgIpc) is 3.16. The van der Waals surface area contributed by atoms with Crippen molar-refractivity contribution in [1.29, 1.82) is 0 Å². The molecule has 1 N–H and O–H groups in total. The number of piperidine rings is 1. The first-order valence-electron chi connectivity index (χ1n) is 13.4. The van der Waals surface area contributed by atoms with Crippen LogP contribution in [0.1, 0.15) is 43.5 Å². The molecule has 2 saturated heterocycles. The van der Waals surface area contributed by atoms with Crippen LogP contribution in [-0.4, -0.2) is 78.6 Å².